The number of hydrogen-bond acceptors (Lipinski definition) is 5. The van der Waals surface area contributed by atoms with Crippen LogP contribution in [0.3, 0.4) is 0 Å². The third-order valence-electron chi connectivity index (χ3n) is 8.23. The van der Waals surface area contributed by atoms with Gasteiger partial charge in [0.05, 0.1) is 11.4 Å². The van der Waals surface area contributed by atoms with Gasteiger partial charge in [-0.25, -0.2) is 8.78 Å². The monoisotopic (exact) mass is 596 g/mol. The number of rotatable bonds is 9. The van der Waals surface area contributed by atoms with Crippen molar-refractivity contribution < 1.29 is 8.78 Å². The first-order valence-electron chi connectivity index (χ1n) is 14.3. The van der Waals surface area contributed by atoms with Gasteiger partial charge in [0.15, 0.2) is 0 Å². The van der Waals surface area contributed by atoms with Crippen LogP contribution in [0.5, 0.6) is 0 Å². The molecule has 5 aromatic rings. The van der Waals surface area contributed by atoms with E-state index in [-0.39, 0.29) is 11.6 Å². The second-order valence-electron chi connectivity index (χ2n) is 10.9. The molecule has 0 saturated carbocycles. The van der Waals surface area contributed by atoms with Crippen LogP contribution in [0.2, 0.25) is 5.02 Å². The maximum Gasteiger partial charge on any atom is 0.277 e. The standard InChI is InChI=1S/C34H31ClF2N6/c1-23(34(36)37)42-16-14-25(15-17-42)26-8-5-9-27(19-26)30(18-24-6-3-2-4-7-24)32-12-10-28(21-38-32)31-20-29(35)11-13-33(31)43-22-39-40-41-43/h2-13,19-22,25,30,34H,1,14-18H2/t30-/m0/s1. The number of aromatic nitrogens is 5. The van der Waals surface area contributed by atoms with Crippen LogP contribution in [0, 0.1) is 0 Å². The van der Waals surface area contributed by atoms with Crippen molar-refractivity contribution in [2.24, 2.45) is 0 Å². The van der Waals surface area contributed by atoms with Crippen LogP contribution in [0.1, 0.15) is 47.1 Å². The van der Waals surface area contributed by atoms with Gasteiger partial charge in [-0.05, 0) is 76.6 Å². The first-order valence-corrected chi connectivity index (χ1v) is 14.7. The normalized spacial score (nSPS) is 14.7. The van der Waals surface area contributed by atoms with Crippen molar-refractivity contribution in [3.8, 4) is 16.8 Å². The van der Waals surface area contributed by atoms with Crippen molar-refractivity contribution in [1.82, 2.24) is 30.1 Å². The summed E-state index contributed by atoms with van der Waals surface area (Å²) in [7, 11) is 0. The number of halogens is 3. The maximum atomic E-state index is 13.2. The van der Waals surface area contributed by atoms with Gasteiger partial charge in [0.1, 0.15) is 6.33 Å². The fourth-order valence-electron chi connectivity index (χ4n) is 5.89. The number of nitrogens with zero attached hydrogens (tertiary/aromatic N) is 6. The predicted octanol–water partition coefficient (Wildman–Crippen LogP) is 7.71. The summed E-state index contributed by atoms with van der Waals surface area (Å²) >= 11 is 6.37. The van der Waals surface area contributed by atoms with Crippen molar-refractivity contribution in [2.75, 3.05) is 13.1 Å². The molecule has 9 heteroatoms. The lowest BCUT2D eigenvalue weighted by molar-refractivity contribution is 0.127. The first kappa shape index (κ1) is 28.7. The summed E-state index contributed by atoms with van der Waals surface area (Å²) in [4.78, 5) is 6.70. The van der Waals surface area contributed by atoms with Gasteiger partial charge in [0.2, 0.25) is 0 Å². The third kappa shape index (κ3) is 6.49. The Labute approximate surface area is 254 Å². The summed E-state index contributed by atoms with van der Waals surface area (Å²) in [5.74, 6) is 0.329. The summed E-state index contributed by atoms with van der Waals surface area (Å²) in [6, 6.07) is 28.8. The van der Waals surface area contributed by atoms with Gasteiger partial charge in [-0.2, -0.15) is 4.68 Å². The molecular formula is C34H31ClF2N6. The fraction of sp³-hybridized carbons (Fsp3) is 0.235. The zero-order valence-electron chi connectivity index (χ0n) is 23.5. The Kier molecular flexibility index (Phi) is 8.56. The Hall–Kier alpha value is -4.43. The van der Waals surface area contributed by atoms with Gasteiger partial charge >= 0.3 is 0 Å². The van der Waals surface area contributed by atoms with Crippen LogP contribution < -0.4 is 0 Å². The Balaban J connectivity index is 1.30. The smallest absolute Gasteiger partial charge is 0.277 e. The fourth-order valence-corrected chi connectivity index (χ4v) is 6.06. The van der Waals surface area contributed by atoms with E-state index in [1.165, 1.54) is 16.7 Å². The van der Waals surface area contributed by atoms with Gasteiger partial charge in [-0.3, -0.25) is 4.98 Å². The molecule has 1 saturated heterocycles. The predicted molar refractivity (Wildman–Crippen MR) is 165 cm³/mol. The van der Waals surface area contributed by atoms with E-state index in [0.29, 0.717) is 24.0 Å². The average molecular weight is 597 g/mol. The topological polar surface area (TPSA) is 59.7 Å². The molecule has 0 unspecified atom stereocenters. The molecule has 0 spiro atoms. The Morgan fingerprint density at radius 1 is 0.953 bits per heavy atom. The third-order valence-corrected chi connectivity index (χ3v) is 8.46. The number of benzene rings is 3. The molecule has 0 bridgehead atoms. The van der Waals surface area contributed by atoms with Crippen LogP contribution >= 0.6 is 11.6 Å². The number of tetrazole rings is 1. The molecule has 6 rings (SSSR count). The zero-order chi connectivity index (χ0) is 29.8. The minimum absolute atomic E-state index is 0.0217. The van der Waals surface area contributed by atoms with Crippen molar-refractivity contribution in [1.29, 1.82) is 0 Å². The van der Waals surface area contributed by atoms with E-state index in [9.17, 15) is 8.78 Å². The molecule has 3 aromatic carbocycles. The Bertz CT molecular complexity index is 1670. The summed E-state index contributed by atoms with van der Waals surface area (Å²) in [5.41, 5.74) is 7.10. The molecule has 1 aliphatic rings. The molecule has 218 valence electrons. The molecule has 1 aliphatic heterocycles. The van der Waals surface area contributed by atoms with Crippen molar-refractivity contribution in [3.63, 3.8) is 0 Å². The number of allylic oxidation sites excluding steroid dienone is 1. The second kappa shape index (κ2) is 12.8. The van der Waals surface area contributed by atoms with E-state index in [1.54, 1.807) is 15.9 Å². The van der Waals surface area contributed by atoms with E-state index in [4.69, 9.17) is 16.6 Å². The lowest BCUT2D eigenvalue weighted by atomic mass is 9.84. The summed E-state index contributed by atoms with van der Waals surface area (Å²) in [5, 5.41) is 12.2. The van der Waals surface area contributed by atoms with E-state index >= 15 is 0 Å². The second-order valence-corrected chi connectivity index (χ2v) is 11.3. The number of piperidine rings is 1. The Morgan fingerprint density at radius 3 is 2.47 bits per heavy atom. The molecular weight excluding hydrogens is 566 g/mol. The van der Waals surface area contributed by atoms with Gasteiger partial charge < -0.3 is 4.90 Å². The minimum atomic E-state index is -2.51. The molecule has 2 aromatic heterocycles. The lowest BCUT2D eigenvalue weighted by Crippen LogP contribution is -2.34. The number of likely N-dealkylation sites (tertiary alicyclic amines) is 1. The molecule has 43 heavy (non-hydrogen) atoms. The molecule has 3 heterocycles. The molecule has 1 atom stereocenters. The summed E-state index contributed by atoms with van der Waals surface area (Å²) in [6.45, 7) is 4.76. The van der Waals surface area contributed by atoms with Crippen LogP contribution in [0.25, 0.3) is 16.8 Å². The highest BCUT2D eigenvalue weighted by atomic mass is 35.5. The van der Waals surface area contributed by atoms with E-state index < -0.39 is 6.43 Å². The van der Waals surface area contributed by atoms with E-state index in [0.717, 1.165) is 41.8 Å². The van der Waals surface area contributed by atoms with Crippen LogP contribution in [-0.2, 0) is 6.42 Å². The number of alkyl halides is 2. The van der Waals surface area contributed by atoms with Crippen molar-refractivity contribution >= 4 is 11.6 Å². The highest BCUT2D eigenvalue weighted by molar-refractivity contribution is 6.31. The van der Waals surface area contributed by atoms with E-state index in [1.807, 2.05) is 30.5 Å². The van der Waals surface area contributed by atoms with Crippen LogP contribution in [0.15, 0.2) is 110 Å². The SMILES string of the molecule is C=C(C(F)F)N1CCC(c2cccc([C@H](Cc3ccccc3)c3ccc(-c4cc(Cl)ccc4-n4cnnn4)cn3)c2)CC1. The molecule has 0 amide bonds. The minimum Gasteiger partial charge on any atom is -0.371 e. The van der Waals surface area contributed by atoms with Gasteiger partial charge in [-0.1, -0.05) is 78.8 Å². The first-order chi connectivity index (χ1) is 21.0. The number of hydrogen-bond donors (Lipinski definition) is 0. The average Bonchev–Trinajstić information content (AvgIpc) is 3.59. The van der Waals surface area contributed by atoms with Crippen molar-refractivity contribution in [3.05, 3.63) is 137 Å². The highest BCUT2D eigenvalue weighted by Crippen LogP contribution is 2.35. The quantitative estimate of drug-likeness (QED) is 0.174. The summed E-state index contributed by atoms with van der Waals surface area (Å²) in [6.07, 6.45) is 3.33. The molecule has 6 nitrogen and oxygen atoms in total. The molecule has 0 aliphatic carbocycles. The Morgan fingerprint density at radius 2 is 1.77 bits per heavy atom. The largest absolute Gasteiger partial charge is 0.371 e. The zero-order valence-corrected chi connectivity index (χ0v) is 24.3. The van der Waals surface area contributed by atoms with Gasteiger partial charge in [0, 0.05) is 47.0 Å². The highest BCUT2D eigenvalue weighted by Gasteiger charge is 2.26. The number of pyridine rings is 1. The van der Waals surface area contributed by atoms with Crippen LogP contribution in [-0.4, -0.2) is 49.6 Å². The molecule has 0 radical (unpaired) electrons. The van der Waals surface area contributed by atoms with Crippen molar-refractivity contribution in [2.45, 2.75) is 37.5 Å². The lowest BCUT2D eigenvalue weighted by Gasteiger charge is -2.35. The van der Waals surface area contributed by atoms with Crippen LogP contribution in [0.4, 0.5) is 8.78 Å². The molecule has 1 fully saturated rings. The van der Waals surface area contributed by atoms with Gasteiger partial charge in [-0.15, -0.1) is 5.10 Å². The summed E-state index contributed by atoms with van der Waals surface area (Å²) < 4.78 is 28.0. The van der Waals surface area contributed by atoms with Gasteiger partial charge in [0.25, 0.3) is 6.43 Å². The maximum absolute atomic E-state index is 13.2. The molecule has 0 N–H and O–H groups in total. The van der Waals surface area contributed by atoms with E-state index in [2.05, 4.69) is 82.8 Å².